The largest absolute Gasteiger partial charge is 0.534 e. The van der Waals surface area contributed by atoms with Crippen LogP contribution in [0.4, 0.5) is 13.2 Å². The van der Waals surface area contributed by atoms with E-state index in [0.29, 0.717) is 12.8 Å². The van der Waals surface area contributed by atoms with Crippen LogP contribution in [0.5, 0.6) is 0 Å². The van der Waals surface area contributed by atoms with Crippen molar-refractivity contribution in [2.45, 2.75) is 31.4 Å². The number of aliphatic hydroxyl groups excluding tert-OH is 1. The molecule has 0 unspecified atom stereocenters. The number of halogens is 3. The van der Waals surface area contributed by atoms with E-state index in [4.69, 9.17) is 5.11 Å². The maximum Gasteiger partial charge on any atom is 0.534 e. The first-order valence-electron chi connectivity index (χ1n) is 4.54. The molecule has 0 aliphatic heterocycles. The molecule has 16 heavy (non-hydrogen) atoms. The van der Waals surface area contributed by atoms with Crippen LogP contribution in [0.3, 0.4) is 0 Å². The summed E-state index contributed by atoms with van der Waals surface area (Å²) in [6.07, 6.45) is 0.785. The molecule has 1 aliphatic carbocycles. The van der Waals surface area contributed by atoms with Crippen molar-refractivity contribution in [3.63, 3.8) is 0 Å². The Labute approximate surface area is 90.8 Å². The van der Waals surface area contributed by atoms with Crippen molar-refractivity contribution in [3.05, 3.63) is 11.8 Å². The summed E-state index contributed by atoms with van der Waals surface area (Å²) in [5.41, 5.74) is -5.45. The van der Waals surface area contributed by atoms with E-state index in [1.807, 2.05) is 0 Å². The number of hydrogen-bond donors (Lipinski definition) is 1. The molecular formula is C8H11F3O4S. The summed E-state index contributed by atoms with van der Waals surface area (Å²) in [4.78, 5) is 0. The van der Waals surface area contributed by atoms with Crippen LogP contribution < -0.4 is 0 Å². The summed E-state index contributed by atoms with van der Waals surface area (Å²) in [5.74, 6) is -0.809. The third kappa shape index (κ3) is 2.88. The van der Waals surface area contributed by atoms with Crippen LogP contribution in [0.1, 0.15) is 19.8 Å². The molecule has 0 saturated carbocycles. The van der Waals surface area contributed by atoms with Crippen LogP contribution in [0, 0.1) is 5.92 Å². The molecule has 0 fully saturated rings. The van der Waals surface area contributed by atoms with E-state index < -0.39 is 27.6 Å². The van der Waals surface area contributed by atoms with Crippen LogP contribution in [0.25, 0.3) is 0 Å². The van der Waals surface area contributed by atoms with Gasteiger partial charge in [-0.2, -0.15) is 21.6 Å². The maximum atomic E-state index is 12.0. The Morgan fingerprint density at radius 2 is 2.00 bits per heavy atom. The fourth-order valence-electron chi connectivity index (χ4n) is 1.28. The molecule has 0 aromatic heterocycles. The smallest absolute Gasteiger partial charge is 0.389 e. The zero-order valence-corrected chi connectivity index (χ0v) is 9.18. The van der Waals surface area contributed by atoms with Crippen molar-refractivity contribution in [1.29, 1.82) is 0 Å². The molecule has 0 aromatic rings. The Morgan fingerprint density at radius 3 is 2.50 bits per heavy atom. The first-order valence-corrected chi connectivity index (χ1v) is 5.95. The quantitative estimate of drug-likeness (QED) is 0.604. The number of allylic oxidation sites excluding steroid dienone is 1. The highest BCUT2D eigenvalue weighted by Gasteiger charge is 2.49. The van der Waals surface area contributed by atoms with Crippen molar-refractivity contribution in [2.24, 2.45) is 5.92 Å². The first kappa shape index (κ1) is 13.3. The summed E-state index contributed by atoms with van der Waals surface area (Å²) >= 11 is 0. The summed E-state index contributed by atoms with van der Waals surface area (Å²) in [6, 6.07) is 0. The van der Waals surface area contributed by atoms with Crippen molar-refractivity contribution < 1.29 is 30.9 Å². The summed E-state index contributed by atoms with van der Waals surface area (Å²) in [5, 5.41) is 9.16. The minimum Gasteiger partial charge on any atom is -0.389 e. The van der Waals surface area contributed by atoms with Crippen molar-refractivity contribution in [3.8, 4) is 0 Å². The molecule has 4 nitrogen and oxygen atoms in total. The van der Waals surface area contributed by atoms with Crippen molar-refractivity contribution >= 4 is 10.1 Å². The molecule has 8 heteroatoms. The molecule has 94 valence electrons. The first-order chi connectivity index (χ1) is 7.13. The molecule has 0 heterocycles. The Kier molecular flexibility index (Phi) is 3.53. The fraction of sp³-hybridized carbons (Fsp3) is 0.750. The Balaban J connectivity index is 2.89. The van der Waals surface area contributed by atoms with Gasteiger partial charge < -0.3 is 9.29 Å². The van der Waals surface area contributed by atoms with Gasteiger partial charge in [-0.3, -0.25) is 0 Å². The van der Waals surface area contributed by atoms with Crippen LogP contribution in [-0.4, -0.2) is 25.1 Å². The van der Waals surface area contributed by atoms with Crippen molar-refractivity contribution in [1.82, 2.24) is 0 Å². The van der Waals surface area contributed by atoms with E-state index in [1.54, 1.807) is 0 Å². The molecule has 2 atom stereocenters. The maximum absolute atomic E-state index is 12.0. The zero-order valence-electron chi connectivity index (χ0n) is 8.36. The van der Waals surface area contributed by atoms with Gasteiger partial charge in [-0.25, -0.2) is 0 Å². The third-order valence-electron chi connectivity index (χ3n) is 2.23. The van der Waals surface area contributed by atoms with Crippen LogP contribution in [-0.2, 0) is 14.3 Å². The van der Waals surface area contributed by atoms with Gasteiger partial charge in [0, 0.05) is 5.92 Å². The molecule has 0 aromatic carbocycles. The number of aliphatic hydroxyl groups is 1. The lowest BCUT2D eigenvalue weighted by Crippen LogP contribution is -2.28. The molecule has 1 aliphatic rings. The van der Waals surface area contributed by atoms with Gasteiger partial charge in [0.1, 0.15) is 5.76 Å². The Morgan fingerprint density at radius 1 is 1.44 bits per heavy atom. The van der Waals surface area contributed by atoms with E-state index in [2.05, 4.69) is 4.18 Å². The van der Waals surface area contributed by atoms with E-state index in [0.717, 1.165) is 6.08 Å². The van der Waals surface area contributed by atoms with E-state index in [1.165, 1.54) is 6.92 Å². The second-order valence-electron chi connectivity index (χ2n) is 3.60. The molecule has 0 saturated heterocycles. The van der Waals surface area contributed by atoms with Crippen LogP contribution >= 0.6 is 0 Å². The average Bonchev–Trinajstić information content (AvgIpc) is 2.09. The van der Waals surface area contributed by atoms with E-state index in [-0.39, 0.29) is 5.76 Å². The van der Waals surface area contributed by atoms with Crippen molar-refractivity contribution in [2.75, 3.05) is 0 Å². The summed E-state index contributed by atoms with van der Waals surface area (Å²) in [7, 11) is -5.63. The van der Waals surface area contributed by atoms with E-state index in [9.17, 15) is 21.6 Å². The number of alkyl halides is 3. The monoisotopic (exact) mass is 260 g/mol. The number of hydrogen-bond acceptors (Lipinski definition) is 4. The van der Waals surface area contributed by atoms with E-state index >= 15 is 0 Å². The normalized spacial score (nSPS) is 27.4. The minimum atomic E-state index is -5.63. The van der Waals surface area contributed by atoms with Gasteiger partial charge in [0.2, 0.25) is 0 Å². The minimum absolute atomic E-state index is 0.351. The van der Waals surface area contributed by atoms with Gasteiger partial charge >= 0.3 is 15.6 Å². The number of rotatable bonds is 2. The Hall–Kier alpha value is -0.760. The molecule has 0 amide bonds. The summed E-state index contributed by atoms with van der Waals surface area (Å²) in [6.45, 7) is 1.53. The predicted molar refractivity (Wildman–Crippen MR) is 48.5 cm³/mol. The van der Waals surface area contributed by atoms with Crippen LogP contribution in [0.15, 0.2) is 11.8 Å². The third-order valence-corrected chi connectivity index (χ3v) is 3.21. The molecule has 0 bridgehead atoms. The van der Waals surface area contributed by atoms with Gasteiger partial charge in [0.25, 0.3) is 0 Å². The molecule has 1 N–H and O–H groups in total. The van der Waals surface area contributed by atoms with Gasteiger partial charge in [0.15, 0.2) is 0 Å². The Bertz CT molecular complexity index is 385. The standard InChI is InChI=1S/C8H11F3O4S/c1-5-2-3-6(12)4-7(5)15-16(13,14)8(9,10)11/h4-6,12H,2-3H2,1H3/t5-,6-/m1/s1. The molecule has 0 radical (unpaired) electrons. The molecule has 0 spiro atoms. The zero-order chi connectivity index (χ0) is 12.6. The highest BCUT2D eigenvalue weighted by Crippen LogP contribution is 2.32. The summed E-state index contributed by atoms with van der Waals surface area (Å²) < 4.78 is 61.4. The predicted octanol–water partition coefficient (Wildman–Crippen LogP) is 1.53. The topological polar surface area (TPSA) is 63.6 Å². The van der Waals surface area contributed by atoms with Gasteiger partial charge in [-0.15, -0.1) is 0 Å². The van der Waals surface area contributed by atoms with Gasteiger partial charge in [-0.05, 0) is 18.9 Å². The molecular weight excluding hydrogens is 249 g/mol. The lowest BCUT2D eigenvalue weighted by molar-refractivity contribution is -0.0529. The molecule has 1 rings (SSSR count). The SMILES string of the molecule is C[C@@H]1CC[C@@H](O)C=C1OS(=O)(=O)C(F)(F)F. The second-order valence-corrected chi connectivity index (χ2v) is 5.14. The average molecular weight is 260 g/mol. The lowest BCUT2D eigenvalue weighted by atomic mass is 9.94. The van der Waals surface area contributed by atoms with Crippen LogP contribution in [0.2, 0.25) is 0 Å². The highest BCUT2D eigenvalue weighted by molar-refractivity contribution is 7.87. The second kappa shape index (κ2) is 4.25. The lowest BCUT2D eigenvalue weighted by Gasteiger charge is -2.23. The van der Waals surface area contributed by atoms with Gasteiger partial charge in [-0.1, -0.05) is 6.92 Å². The fourth-order valence-corrected chi connectivity index (χ4v) is 1.85. The van der Waals surface area contributed by atoms with Gasteiger partial charge in [0.05, 0.1) is 6.10 Å². The highest BCUT2D eigenvalue weighted by atomic mass is 32.2.